The van der Waals surface area contributed by atoms with E-state index in [4.69, 9.17) is 0 Å². The van der Waals surface area contributed by atoms with E-state index >= 15 is 0 Å². The van der Waals surface area contributed by atoms with Gasteiger partial charge in [-0.3, -0.25) is 4.98 Å². The molecule has 0 bridgehead atoms. The Morgan fingerprint density at radius 3 is 2.44 bits per heavy atom. The van der Waals surface area contributed by atoms with Crippen molar-refractivity contribution in [2.75, 3.05) is 0 Å². The Hall–Kier alpha value is -1.36. The molecule has 0 amide bonds. The zero-order valence-electron chi connectivity index (χ0n) is 9.30. The van der Waals surface area contributed by atoms with E-state index in [-0.39, 0.29) is 18.9 Å². The number of pyridine rings is 1. The van der Waals surface area contributed by atoms with Crippen LogP contribution in [0.1, 0.15) is 11.1 Å². The van der Waals surface area contributed by atoms with E-state index in [2.05, 4.69) is 4.98 Å². The van der Waals surface area contributed by atoms with Crippen LogP contribution in [0.3, 0.4) is 0 Å². The summed E-state index contributed by atoms with van der Waals surface area (Å²) in [6, 6.07) is 13.4. The maximum Gasteiger partial charge on any atom is 1.00 e. The van der Waals surface area contributed by atoms with Crippen LogP contribution in [-0.2, 0) is 6.42 Å². The topological polar surface area (TPSA) is 35.2 Å². The molecule has 0 N–H and O–H groups in total. The molecule has 2 rings (SSSR count). The first kappa shape index (κ1) is 12.7. The standard InChI is InChI=1S/C13H11N2.Li/c14-13(12-6-2-1-3-7-12)9-11-5-4-8-15-10-11;/h1-8,10H,9H2;/q-1;+1. The Bertz CT molecular complexity index is 440. The monoisotopic (exact) mass is 202 g/mol. The van der Waals surface area contributed by atoms with Crippen molar-refractivity contribution in [3.63, 3.8) is 0 Å². The molecule has 2 aromatic rings. The minimum Gasteiger partial charge on any atom is -0.807 e. The molecule has 0 aliphatic heterocycles. The first-order valence-electron chi connectivity index (χ1n) is 4.85. The minimum atomic E-state index is 0. The maximum atomic E-state index is 9.86. The van der Waals surface area contributed by atoms with Crippen LogP contribution in [0.15, 0.2) is 54.9 Å². The van der Waals surface area contributed by atoms with E-state index < -0.39 is 0 Å². The third-order valence-corrected chi connectivity index (χ3v) is 2.20. The summed E-state index contributed by atoms with van der Waals surface area (Å²) < 4.78 is 0. The normalized spacial score (nSPS) is 9.25. The number of aromatic nitrogens is 1. The molecule has 0 aliphatic rings. The minimum absolute atomic E-state index is 0. The zero-order chi connectivity index (χ0) is 10.5. The van der Waals surface area contributed by atoms with Gasteiger partial charge in [0.15, 0.2) is 0 Å². The van der Waals surface area contributed by atoms with Gasteiger partial charge in [-0.2, -0.15) is 5.71 Å². The number of nitrogens with zero attached hydrogens (tertiary/aromatic N) is 2. The van der Waals surface area contributed by atoms with Crippen molar-refractivity contribution in [3.8, 4) is 0 Å². The molecule has 0 saturated carbocycles. The number of benzene rings is 1. The summed E-state index contributed by atoms with van der Waals surface area (Å²) in [4.78, 5) is 4.01. The smallest absolute Gasteiger partial charge is 0.807 e. The van der Waals surface area contributed by atoms with Crippen LogP contribution in [0.25, 0.3) is 5.41 Å². The van der Waals surface area contributed by atoms with Crippen LogP contribution in [0.4, 0.5) is 0 Å². The van der Waals surface area contributed by atoms with Gasteiger partial charge in [0.2, 0.25) is 0 Å². The molecule has 1 heterocycles. The van der Waals surface area contributed by atoms with E-state index in [0.29, 0.717) is 12.1 Å². The average molecular weight is 202 g/mol. The summed E-state index contributed by atoms with van der Waals surface area (Å²) in [5.41, 5.74) is 2.25. The third-order valence-electron chi connectivity index (χ3n) is 2.20. The molecule has 0 fully saturated rings. The quantitative estimate of drug-likeness (QED) is 0.496. The molecule has 0 radical (unpaired) electrons. The van der Waals surface area contributed by atoms with Crippen LogP contribution in [-0.4, -0.2) is 10.7 Å². The second-order valence-electron chi connectivity index (χ2n) is 3.35. The molecule has 1 aromatic heterocycles. The van der Waals surface area contributed by atoms with Gasteiger partial charge in [0.1, 0.15) is 0 Å². The third kappa shape index (κ3) is 3.34. The molecule has 0 spiro atoms. The van der Waals surface area contributed by atoms with E-state index in [1.165, 1.54) is 0 Å². The Morgan fingerprint density at radius 1 is 1.06 bits per heavy atom. The van der Waals surface area contributed by atoms with E-state index in [1.807, 2.05) is 42.5 Å². The number of hydrogen-bond acceptors (Lipinski definition) is 1. The molecule has 3 heteroatoms. The SMILES string of the molecule is [Li+].[N-]=C(Cc1cccnc1)c1ccccc1. The van der Waals surface area contributed by atoms with Crippen LogP contribution in [0, 0.1) is 0 Å². The fourth-order valence-corrected chi connectivity index (χ4v) is 1.43. The summed E-state index contributed by atoms with van der Waals surface area (Å²) in [5.74, 6) is 0. The average Bonchev–Trinajstić information content (AvgIpc) is 2.31. The van der Waals surface area contributed by atoms with Gasteiger partial charge in [-0.1, -0.05) is 36.4 Å². The maximum absolute atomic E-state index is 9.86. The summed E-state index contributed by atoms with van der Waals surface area (Å²) in [6.45, 7) is 0. The Balaban J connectivity index is 0.00000128. The van der Waals surface area contributed by atoms with Crippen LogP contribution in [0.5, 0.6) is 0 Å². The van der Waals surface area contributed by atoms with Crippen molar-refractivity contribution in [2.45, 2.75) is 6.42 Å². The van der Waals surface area contributed by atoms with Gasteiger partial charge in [0, 0.05) is 12.4 Å². The zero-order valence-corrected chi connectivity index (χ0v) is 9.30. The number of hydrogen-bond donors (Lipinski definition) is 0. The second kappa shape index (κ2) is 6.27. The van der Waals surface area contributed by atoms with E-state index in [1.54, 1.807) is 12.4 Å². The van der Waals surface area contributed by atoms with Gasteiger partial charge in [0.25, 0.3) is 0 Å². The van der Waals surface area contributed by atoms with Gasteiger partial charge in [-0.25, -0.2) is 0 Å². The van der Waals surface area contributed by atoms with Gasteiger partial charge in [-0.05, 0) is 23.6 Å². The largest absolute Gasteiger partial charge is 1.00 e. The van der Waals surface area contributed by atoms with Gasteiger partial charge >= 0.3 is 18.9 Å². The molecule has 0 atom stereocenters. The number of rotatable bonds is 3. The van der Waals surface area contributed by atoms with Crippen LogP contribution < -0.4 is 18.9 Å². The van der Waals surface area contributed by atoms with Crippen molar-refractivity contribution in [1.82, 2.24) is 4.98 Å². The second-order valence-corrected chi connectivity index (χ2v) is 3.35. The van der Waals surface area contributed by atoms with Crippen molar-refractivity contribution < 1.29 is 18.9 Å². The van der Waals surface area contributed by atoms with Crippen molar-refractivity contribution in [2.24, 2.45) is 0 Å². The molecule has 0 unspecified atom stereocenters. The summed E-state index contributed by atoms with van der Waals surface area (Å²) in [6.07, 6.45) is 4.01. The predicted octanol–water partition coefficient (Wildman–Crippen LogP) is -0.313. The molecule has 16 heavy (non-hydrogen) atoms. The van der Waals surface area contributed by atoms with Gasteiger partial charge in [-0.15, -0.1) is 0 Å². The molecule has 2 nitrogen and oxygen atoms in total. The molecular weight excluding hydrogens is 191 g/mol. The van der Waals surface area contributed by atoms with Crippen molar-refractivity contribution in [3.05, 3.63) is 71.4 Å². The Labute approximate surface area is 107 Å². The Kier molecular flexibility index (Phi) is 4.98. The van der Waals surface area contributed by atoms with Crippen LogP contribution in [0.2, 0.25) is 0 Å². The van der Waals surface area contributed by atoms with Crippen molar-refractivity contribution in [1.29, 1.82) is 0 Å². The fraction of sp³-hybridized carbons (Fsp3) is 0.0769. The van der Waals surface area contributed by atoms with Crippen molar-refractivity contribution >= 4 is 5.71 Å². The Morgan fingerprint density at radius 2 is 1.81 bits per heavy atom. The van der Waals surface area contributed by atoms with Gasteiger partial charge in [0.05, 0.1) is 0 Å². The molecule has 0 aliphatic carbocycles. The molecule has 74 valence electrons. The first-order valence-corrected chi connectivity index (χ1v) is 4.85. The fourth-order valence-electron chi connectivity index (χ4n) is 1.43. The first-order chi connectivity index (χ1) is 7.36. The molecule has 1 aromatic carbocycles. The van der Waals surface area contributed by atoms with E-state index in [9.17, 15) is 5.41 Å². The van der Waals surface area contributed by atoms with Gasteiger partial charge < -0.3 is 5.41 Å². The summed E-state index contributed by atoms with van der Waals surface area (Å²) in [5, 5.41) is 9.86. The molecular formula is C13H11LiN2. The predicted molar refractivity (Wildman–Crippen MR) is 61.9 cm³/mol. The summed E-state index contributed by atoms with van der Waals surface area (Å²) >= 11 is 0. The molecule has 0 saturated heterocycles. The van der Waals surface area contributed by atoms with E-state index in [0.717, 1.165) is 11.1 Å². The summed E-state index contributed by atoms with van der Waals surface area (Å²) in [7, 11) is 0. The van der Waals surface area contributed by atoms with Crippen LogP contribution >= 0.6 is 0 Å².